The normalized spacial score (nSPS) is 37.9. The second-order valence-electron chi connectivity index (χ2n) is 6.67. The average molecular weight is 352 g/mol. The van der Waals surface area contributed by atoms with Gasteiger partial charge in [-0.25, -0.2) is 0 Å². The van der Waals surface area contributed by atoms with Gasteiger partial charge >= 0.3 is 0 Å². The van der Waals surface area contributed by atoms with Gasteiger partial charge in [0.25, 0.3) is 0 Å². The summed E-state index contributed by atoms with van der Waals surface area (Å²) < 4.78 is 10.7. The summed E-state index contributed by atoms with van der Waals surface area (Å²) in [5.41, 5.74) is 0.663. The standard InChI is InChI=1S/C17H24N2O4S/c1-22-9-6-7-11(12(8-9)23-2)19-16(20)14-10-4-3-5-13(10)24-15(14)18-17(19)21/h6-8,10,13-18,20-21H,3-5H2,1-2H3. The lowest BCUT2D eigenvalue weighted by Gasteiger charge is -2.46. The number of rotatable bonds is 3. The number of methoxy groups -OCH3 is 2. The number of hydrogen-bond acceptors (Lipinski definition) is 7. The molecule has 0 amide bonds. The number of ether oxygens (including phenoxy) is 2. The molecule has 3 N–H and O–H groups in total. The molecule has 6 nitrogen and oxygen atoms in total. The van der Waals surface area contributed by atoms with Crippen molar-refractivity contribution in [3.8, 4) is 11.5 Å². The Hall–Kier alpha value is -1.15. The molecule has 7 heteroatoms. The van der Waals surface area contributed by atoms with Crippen molar-refractivity contribution in [2.75, 3.05) is 19.1 Å². The summed E-state index contributed by atoms with van der Waals surface area (Å²) in [6.45, 7) is 0. The third kappa shape index (κ3) is 2.45. The van der Waals surface area contributed by atoms with E-state index in [0.717, 1.165) is 6.42 Å². The summed E-state index contributed by atoms with van der Waals surface area (Å²) in [6, 6.07) is 5.40. The van der Waals surface area contributed by atoms with Crippen LogP contribution in [0, 0.1) is 11.8 Å². The van der Waals surface area contributed by atoms with Crippen molar-refractivity contribution in [1.29, 1.82) is 0 Å². The summed E-state index contributed by atoms with van der Waals surface area (Å²) in [5, 5.41) is 25.6. The van der Waals surface area contributed by atoms with Crippen LogP contribution >= 0.6 is 11.8 Å². The number of nitrogens with zero attached hydrogens (tertiary/aromatic N) is 1. The van der Waals surface area contributed by atoms with Crippen LogP contribution in [0.3, 0.4) is 0 Å². The largest absolute Gasteiger partial charge is 0.497 e. The first kappa shape index (κ1) is 16.3. The van der Waals surface area contributed by atoms with Crippen LogP contribution in [0.1, 0.15) is 19.3 Å². The first-order valence-corrected chi connectivity index (χ1v) is 9.36. The molecule has 1 aliphatic carbocycles. The van der Waals surface area contributed by atoms with Crippen molar-refractivity contribution in [3.63, 3.8) is 0 Å². The predicted octanol–water partition coefficient (Wildman–Crippen LogP) is 1.57. The fraction of sp³-hybridized carbons (Fsp3) is 0.647. The Kier molecular flexibility index (Phi) is 4.28. The molecular formula is C17H24N2O4S. The molecule has 24 heavy (non-hydrogen) atoms. The number of thioether (sulfide) groups is 1. The minimum atomic E-state index is -0.949. The van der Waals surface area contributed by atoms with Crippen LogP contribution in [0.4, 0.5) is 5.69 Å². The Labute approximate surface area is 146 Å². The first-order chi connectivity index (χ1) is 11.6. The highest BCUT2D eigenvalue weighted by Gasteiger charge is 2.54. The van der Waals surface area contributed by atoms with E-state index in [2.05, 4.69) is 5.32 Å². The summed E-state index contributed by atoms with van der Waals surface area (Å²) in [4.78, 5) is 1.63. The topological polar surface area (TPSA) is 74.2 Å². The molecular weight excluding hydrogens is 328 g/mol. The third-order valence-corrected chi connectivity index (χ3v) is 7.22. The minimum Gasteiger partial charge on any atom is -0.497 e. The van der Waals surface area contributed by atoms with Crippen molar-refractivity contribution in [3.05, 3.63) is 18.2 Å². The molecule has 0 radical (unpaired) electrons. The Bertz CT molecular complexity index is 616. The summed E-state index contributed by atoms with van der Waals surface area (Å²) in [6.07, 6.45) is 1.90. The van der Waals surface area contributed by atoms with Crippen molar-refractivity contribution in [2.24, 2.45) is 11.8 Å². The maximum absolute atomic E-state index is 11.1. The van der Waals surface area contributed by atoms with Crippen molar-refractivity contribution in [1.82, 2.24) is 5.32 Å². The Morgan fingerprint density at radius 2 is 2.04 bits per heavy atom. The van der Waals surface area contributed by atoms with Gasteiger partial charge in [-0.2, -0.15) is 0 Å². The van der Waals surface area contributed by atoms with Crippen molar-refractivity contribution < 1.29 is 19.7 Å². The first-order valence-electron chi connectivity index (χ1n) is 8.42. The van der Waals surface area contributed by atoms with Gasteiger partial charge in [-0.05, 0) is 30.9 Å². The molecule has 2 heterocycles. The lowest BCUT2D eigenvalue weighted by Crippen LogP contribution is -2.64. The fourth-order valence-electron chi connectivity index (χ4n) is 4.43. The lowest BCUT2D eigenvalue weighted by atomic mass is 9.87. The second kappa shape index (κ2) is 6.29. The maximum atomic E-state index is 11.1. The molecule has 132 valence electrons. The summed E-state index contributed by atoms with van der Waals surface area (Å²) >= 11 is 1.88. The van der Waals surface area contributed by atoms with E-state index in [-0.39, 0.29) is 11.3 Å². The Morgan fingerprint density at radius 3 is 2.79 bits per heavy atom. The molecule has 4 rings (SSSR count). The number of fused-ring (bicyclic) bond motifs is 3. The molecule has 0 spiro atoms. The van der Waals surface area contributed by atoms with Gasteiger partial charge in [0.2, 0.25) is 0 Å². The van der Waals surface area contributed by atoms with E-state index in [1.807, 2.05) is 23.9 Å². The summed E-state index contributed by atoms with van der Waals surface area (Å²) in [7, 11) is 3.18. The van der Waals surface area contributed by atoms with Crippen molar-refractivity contribution in [2.45, 2.75) is 42.5 Å². The predicted molar refractivity (Wildman–Crippen MR) is 93.2 cm³/mol. The molecule has 1 aromatic rings. The van der Waals surface area contributed by atoms with Crippen LogP contribution in [0.5, 0.6) is 11.5 Å². The fourth-order valence-corrected chi connectivity index (χ4v) is 6.35. The molecule has 1 saturated carbocycles. The van der Waals surface area contributed by atoms with E-state index in [0.29, 0.717) is 28.4 Å². The van der Waals surface area contributed by atoms with Crippen LogP contribution in [-0.2, 0) is 0 Å². The van der Waals surface area contributed by atoms with E-state index in [4.69, 9.17) is 9.47 Å². The highest BCUT2D eigenvalue weighted by molar-refractivity contribution is 8.00. The van der Waals surface area contributed by atoms with E-state index in [1.165, 1.54) is 12.8 Å². The van der Waals surface area contributed by atoms with Crippen LogP contribution < -0.4 is 19.7 Å². The van der Waals surface area contributed by atoms with E-state index in [9.17, 15) is 10.2 Å². The Morgan fingerprint density at radius 1 is 1.21 bits per heavy atom. The highest BCUT2D eigenvalue weighted by atomic mass is 32.2. The second-order valence-corrected chi connectivity index (χ2v) is 8.05. The van der Waals surface area contributed by atoms with E-state index >= 15 is 0 Å². The summed E-state index contributed by atoms with van der Waals surface area (Å²) in [5.74, 6) is 1.86. The average Bonchev–Trinajstić information content (AvgIpc) is 3.15. The highest BCUT2D eigenvalue weighted by Crippen LogP contribution is 2.54. The number of aliphatic hydroxyl groups excluding tert-OH is 2. The molecule has 2 aliphatic heterocycles. The quantitative estimate of drug-likeness (QED) is 0.762. The van der Waals surface area contributed by atoms with Crippen LogP contribution in [0.25, 0.3) is 0 Å². The third-order valence-electron chi connectivity index (χ3n) is 5.54. The molecule has 1 aromatic carbocycles. The van der Waals surface area contributed by atoms with E-state index < -0.39 is 12.6 Å². The van der Waals surface area contributed by atoms with Gasteiger partial charge in [-0.15, -0.1) is 11.8 Å². The Balaban J connectivity index is 1.67. The number of nitrogens with one attached hydrogen (secondary N) is 1. The zero-order chi connectivity index (χ0) is 16.8. The van der Waals surface area contributed by atoms with Gasteiger partial charge in [0, 0.05) is 17.2 Å². The molecule has 0 aromatic heterocycles. The number of benzene rings is 1. The molecule has 6 unspecified atom stereocenters. The van der Waals surface area contributed by atoms with Crippen LogP contribution in [0.15, 0.2) is 18.2 Å². The van der Waals surface area contributed by atoms with Crippen molar-refractivity contribution >= 4 is 17.4 Å². The zero-order valence-corrected chi connectivity index (χ0v) is 14.7. The molecule has 6 atom stereocenters. The molecule has 3 aliphatic rings. The molecule has 0 bridgehead atoms. The van der Waals surface area contributed by atoms with Crippen LogP contribution in [0.2, 0.25) is 0 Å². The number of aliphatic hydroxyl groups is 2. The SMILES string of the molecule is COc1ccc(N2C(O)NC3SC4CCCC4C3C2O)c(OC)c1. The van der Waals surface area contributed by atoms with Gasteiger partial charge in [0.15, 0.2) is 6.35 Å². The van der Waals surface area contributed by atoms with E-state index in [1.54, 1.807) is 25.2 Å². The van der Waals surface area contributed by atoms with Gasteiger partial charge in [-0.3, -0.25) is 5.32 Å². The molecule has 3 fully saturated rings. The smallest absolute Gasteiger partial charge is 0.187 e. The number of anilines is 1. The number of hydrogen-bond donors (Lipinski definition) is 3. The monoisotopic (exact) mass is 352 g/mol. The van der Waals surface area contributed by atoms with Crippen LogP contribution in [-0.4, -0.2) is 47.6 Å². The minimum absolute atomic E-state index is 0.103. The van der Waals surface area contributed by atoms with Gasteiger partial charge in [-0.1, -0.05) is 6.42 Å². The van der Waals surface area contributed by atoms with Gasteiger partial charge in [0.05, 0.1) is 25.3 Å². The van der Waals surface area contributed by atoms with Gasteiger partial charge in [0.1, 0.15) is 17.7 Å². The lowest BCUT2D eigenvalue weighted by molar-refractivity contribution is -0.0234. The molecule has 2 saturated heterocycles. The van der Waals surface area contributed by atoms with Gasteiger partial charge < -0.3 is 24.6 Å². The maximum Gasteiger partial charge on any atom is 0.187 e. The zero-order valence-electron chi connectivity index (χ0n) is 13.9.